The molecule has 6 nitrogen and oxygen atoms in total. The van der Waals surface area contributed by atoms with E-state index in [4.69, 9.17) is 0 Å². The number of anilines is 1. The van der Waals surface area contributed by atoms with E-state index in [1.54, 1.807) is 30.3 Å². The standard InChI is InChI=1S/C19H18F2N4O2S/c1-11-7-8-13(9-12(11)2)22-18(27)24-16(26)10-28-19-23-14-5-3-4-6-15(14)25(19)17(20)21/h3-9,17H,10H2,1-2H3,(H2,22,24,26,27). The average molecular weight is 404 g/mol. The maximum absolute atomic E-state index is 13.4. The Balaban J connectivity index is 1.61. The smallest absolute Gasteiger partial charge is 0.308 e. The Morgan fingerprint density at radius 1 is 1.14 bits per heavy atom. The number of imide groups is 1. The number of benzene rings is 2. The normalized spacial score (nSPS) is 11.0. The third-order valence-electron chi connectivity index (χ3n) is 4.11. The number of para-hydroxylation sites is 2. The second kappa shape index (κ2) is 8.39. The second-order valence-corrected chi connectivity index (χ2v) is 7.06. The maximum Gasteiger partial charge on any atom is 0.325 e. The minimum Gasteiger partial charge on any atom is -0.308 e. The summed E-state index contributed by atoms with van der Waals surface area (Å²) < 4.78 is 27.5. The average Bonchev–Trinajstić information content (AvgIpc) is 3.01. The van der Waals surface area contributed by atoms with Crippen molar-refractivity contribution in [2.24, 2.45) is 0 Å². The molecule has 0 aliphatic heterocycles. The zero-order valence-electron chi connectivity index (χ0n) is 15.2. The molecule has 3 aromatic rings. The van der Waals surface area contributed by atoms with Crippen LogP contribution in [0, 0.1) is 13.8 Å². The molecule has 0 aliphatic carbocycles. The molecule has 146 valence electrons. The van der Waals surface area contributed by atoms with E-state index < -0.39 is 18.5 Å². The quantitative estimate of drug-likeness (QED) is 0.615. The summed E-state index contributed by atoms with van der Waals surface area (Å²) in [5.74, 6) is -0.838. The van der Waals surface area contributed by atoms with Gasteiger partial charge in [0.1, 0.15) is 0 Å². The molecule has 0 radical (unpaired) electrons. The van der Waals surface area contributed by atoms with Gasteiger partial charge in [0.05, 0.1) is 16.8 Å². The zero-order valence-corrected chi connectivity index (χ0v) is 16.0. The number of thioether (sulfide) groups is 1. The van der Waals surface area contributed by atoms with E-state index in [-0.39, 0.29) is 16.4 Å². The lowest BCUT2D eigenvalue weighted by molar-refractivity contribution is -0.117. The van der Waals surface area contributed by atoms with Gasteiger partial charge in [-0.15, -0.1) is 0 Å². The van der Waals surface area contributed by atoms with Crippen LogP contribution in [0.2, 0.25) is 0 Å². The first kappa shape index (κ1) is 19.8. The molecule has 0 unspecified atom stereocenters. The van der Waals surface area contributed by atoms with Gasteiger partial charge in [-0.25, -0.2) is 9.78 Å². The van der Waals surface area contributed by atoms with Gasteiger partial charge in [0.15, 0.2) is 5.16 Å². The number of carbonyl (C=O) groups is 2. The lowest BCUT2D eigenvalue weighted by atomic mass is 10.1. The molecule has 0 saturated carbocycles. The topological polar surface area (TPSA) is 76.0 Å². The number of urea groups is 1. The summed E-state index contributed by atoms with van der Waals surface area (Å²) in [5, 5.41) is 4.76. The Labute approximate surface area is 164 Å². The predicted molar refractivity (Wildman–Crippen MR) is 105 cm³/mol. The summed E-state index contributed by atoms with van der Waals surface area (Å²) in [6.07, 6.45) is 0. The van der Waals surface area contributed by atoms with Gasteiger partial charge in [-0.05, 0) is 49.2 Å². The van der Waals surface area contributed by atoms with Crippen LogP contribution in [0.5, 0.6) is 0 Å². The summed E-state index contributed by atoms with van der Waals surface area (Å²) in [5.41, 5.74) is 3.34. The van der Waals surface area contributed by atoms with Gasteiger partial charge in [0.2, 0.25) is 5.91 Å². The van der Waals surface area contributed by atoms with Gasteiger partial charge in [0.25, 0.3) is 0 Å². The number of nitrogens with zero attached hydrogens (tertiary/aromatic N) is 2. The van der Waals surface area contributed by atoms with Crippen molar-refractivity contribution in [1.29, 1.82) is 0 Å². The van der Waals surface area contributed by atoms with Crippen LogP contribution in [0.25, 0.3) is 11.0 Å². The Bertz CT molecular complexity index is 1040. The van der Waals surface area contributed by atoms with Gasteiger partial charge in [0, 0.05) is 5.69 Å². The highest BCUT2D eigenvalue weighted by molar-refractivity contribution is 7.99. The molecular weight excluding hydrogens is 386 g/mol. The second-order valence-electron chi connectivity index (χ2n) is 6.12. The summed E-state index contributed by atoms with van der Waals surface area (Å²) >= 11 is 0.842. The monoisotopic (exact) mass is 404 g/mol. The van der Waals surface area contributed by atoms with Crippen molar-refractivity contribution in [3.63, 3.8) is 0 Å². The fourth-order valence-corrected chi connectivity index (χ4v) is 3.40. The van der Waals surface area contributed by atoms with Gasteiger partial charge in [-0.1, -0.05) is 30.0 Å². The highest BCUT2D eigenvalue weighted by atomic mass is 32.2. The first-order valence-electron chi connectivity index (χ1n) is 8.41. The number of alkyl halides is 2. The highest BCUT2D eigenvalue weighted by Crippen LogP contribution is 2.29. The molecule has 3 amide bonds. The molecule has 1 aromatic heterocycles. The first-order valence-corrected chi connectivity index (χ1v) is 9.39. The molecule has 2 aromatic carbocycles. The SMILES string of the molecule is Cc1ccc(NC(=O)NC(=O)CSc2nc3ccccc3n2C(F)F)cc1C. The van der Waals surface area contributed by atoms with E-state index in [1.807, 2.05) is 19.9 Å². The largest absolute Gasteiger partial charge is 0.325 e. The first-order chi connectivity index (χ1) is 13.3. The Kier molecular flexibility index (Phi) is 5.93. The van der Waals surface area contributed by atoms with Gasteiger partial charge in [-0.2, -0.15) is 8.78 Å². The van der Waals surface area contributed by atoms with Crippen molar-refractivity contribution in [2.75, 3.05) is 11.1 Å². The summed E-state index contributed by atoms with van der Waals surface area (Å²) in [4.78, 5) is 28.1. The zero-order chi connectivity index (χ0) is 20.3. The Hall–Kier alpha value is -2.94. The number of rotatable bonds is 5. The van der Waals surface area contributed by atoms with Crippen molar-refractivity contribution in [2.45, 2.75) is 25.6 Å². The molecule has 3 rings (SSSR count). The predicted octanol–water partition coefficient (Wildman–Crippen LogP) is 4.49. The van der Waals surface area contributed by atoms with Gasteiger partial charge in [-0.3, -0.25) is 14.7 Å². The van der Waals surface area contributed by atoms with E-state index in [0.717, 1.165) is 27.5 Å². The van der Waals surface area contributed by atoms with Crippen LogP contribution in [0.1, 0.15) is 17.7 Å². The molecule has 0 atom stereocenters. The number of hydrogen-bond donors (Lipinski definition) is 2. The maximum atomic E-state index is 13.4. The fraction of sp³-hybridized carbons (Fsp3) is 0.211. The van der Waals surface area contributed by atoms with Crippen LogP contribution in [-0.2, 0) is 4.79 Å². The molecule has 0 bridgehead atoms. The van der Waals surface area contributed by atoms with Crippen LogP contribution in [0.3, 0.4) is 0 Å². The molecule has 0 spiro atoms. The van der Waals surface area contributed by atoms with E-state index >= 15 is 0 Å². The van der Waals surface area contributed by atoms with Crippen LogP contribution in [-0.4, -0.2) is 27.2 Å². The Morgan fingerprint density at radius 2 is 1.89 bits per heavy atom. The molecule has 0 saturated heterocycles. The fourth-order valence-electron chi connectivity index (χ4n) is 2.59. The molecule has 9 heteroatoms. The molecule has 28 heavy (non-hydrogen) atoms. The molecule has 0 fully saturated rings. The van der Waals surface area contributed by atoms with E-state index in [0.29, 0.717) is 11.2 Å². The lowest BCUT2D eigenvalue weighted by Gasteiger charge is -2.09. The number of hydrogen-bond acceptors (Lipinski definition) is 4. The van der Waals surface area contributed by atoms with Crippen molar-refractivity contribution in [3.05, 3.63) is 53.6 Å². The number of aromatic nitrogens is 2. The minimum atomic E-state index is -2.79. The van der Waals surface area contributed by atoms with E-state index in [9.17, 15) is 18.4 Å². The Morgan fingerprint density at radius 3 is 2.61 bits per heavy atom. The van der Waals surface area contributed by atoms with E-state index in [2.05, 4.69) is 15.6 Å². The number of amides is 3. The third-order valence-corrected chi connectivity index (χ3v) is 5.06. The number of nitrogens with one attached hydrogen (secondary N) is 2. The van der Waals surface area contributed by atoms with E-state index in [1.165, 1.54) is 6.07 Å². The van der Waals surface area contributed by atoms with Crippen LogP contribution in [0.15, 0.2) is 47.6 Å². The summed E-state index contributed by atoms with van der Waals surface area (Å²) in [6.45, 7) is 1.08. The number of imidazole rings is 1. The number of halogens is 2. The molecular formula is C19H18F2N4O2S. The van der Waals surface area contributed by atoms with Gasteiger partial charge >= 0.3 is 12.6 Å². The summed E-state index contributed by atoms with van der Waals surface area (Å²) in [7, 11) is 0. The molecule has 0 aliphatic rings. The van der Waals surface area contributed by atoms with Crippen molar-refractivity contribution in [3.8, 4) is 0 Å². The third kappa shape index (κ3) is 4.48. The lowest BCUT2D eigenvalue weighted by Crippen LogP contribution is -2.35. The van der Waals surface area contributed by atoms with Crippen LogP contribution >= 0.6 is 11.8 Å². The van der Waals surface area contributed by atoms with Crippen molar-refractivity contribution in [1.82, 2.24) is 14.9 Å². The molecule has 2 N–H and O–H groups in total. The highest BCUT2D eigenvalue weighted by Gasteiger charge is 2.19. The van der Waals surface area contributed by atoms with Gasteiger partial charge < -0.3 is 5.32 Å². The number of fused-ring (bicyclic) bond motifs is 1. The summed E-state index contributed by atoms with van der Waals surface area (Å²) in [6, 6.07) is 11.2. The number of aryl methyl sites for hydroxylation is 2. The minimum absolute atomic E-state index is 0.0147. The van der Waals surface area contributed by atoms with Crippen molar-refractivity contribution >= 4 is 40.4 Å². The van der Waals surface area contributed by atoms with Crippen LogP contribution < -0.4 is 10.6 Å². The molecule has 1 heterocycles. The van der Waals surface area contributed by atoms with Crippen molar-refractivity contribution < 1.29 is 18.4 Å². The number of carbonyl (C=O) groups excluding carboxylic acids is 2. The van der Waals surface area contributed by atoms with Crippen LogP contribution in [0.4, 0.5) is 19.3 Å².